The van der Waals surface area contributed by atoms with Gasteiger partial charge >= 0.3 is 0 Å². The number of methoxy groups -OCH3 is 1. The molecule has 0 bridgehead atoms. The summed E-state index contributed by atoms with van der Waals surface area (Å²) in [6.07, 6.45) is 2.09. The van der Waals surface area contributed by atoms with Crippen molar-refractivity contribution < 1.29 is 19.0 Å². The van der Waals surface area contributed by atoms with Crippen LogP contribution in [0.15, 0.2) is 36.4 Å². The molecule has 2 aromatic carbocycles. The first kappa shape index (κ1) is 15.9. The molecule has 3 rings (SSSR count). The van der Waals surface area contributed by atoms with Crippen LogP contribution < -0.4 is 10.1 Å². The largest absolute Gasteiger partial charge is 0.502 e. The standard InChI is InChI=1S/C19H16FNO3/c1-24-17-11-13(10-16(20)18(17)22)3-2-12-4-6-14(7-5-12)19(23)21-15-8-9-15/h4-7,10-11,15,22H,8-9H2,1H3,(H,21,23). The number of aromatic hydroxyl groups is 1. The molecule has 0 heterocycles. The number of ether oxygens (including phenoxy) is 1. The first-order chi connectivity index (χ1) is 11.6. The fourth-order valence-electron chi connectivity index (χ4n) is 2.15. The molecule has 1 aliphatic carbocycles. The second-order valence-electron chi connectivity index (χ2n) is 5.58. The van der Waals surface area contributed by atoms with Gasteiger partial charge in [-0.1, -0.05) is 11.8 Å². The molecular formula is C19H16FNO3. The van der Waals surface area contributed by atoms with Crippen molar-refractivity contribution in [1.29, 1.82) is 0 Å². The van der Waals surface area contributed by atoms with Crippen LogP contribution in [0.1, 0.15) is 34.3 Å². The van der Waals surface area contributed by atoms with Crippen molar-refractivity contribution in [2.24, 2.45) is 0 Å². The lowest BCUT2D eigenvalue weighted by Crippen LogP contribution is -2.25. The van der Waals surface area contributed by atoms with Crippen molar-refractivity contribution in [2.75, 3.05) is 7.11 Å². The summed E-state index contributed by atoms with van der Waals surface area (Å²) < 4.78 is 18.5. The van der Waals surface area contributed by atoms with Gasteiger partial charge in [-0.3, -0.25) is 4.79 Å². The second-order valence-corrected chi connectivity index (χ2v) is 5.58. The molecule has 1 saturated carbocycles. The van der Waals surface area contributed by atoms with Crippen LogP contribution in [-0.2, 0) is 0 Å². The monoisotopic (exact) mass is 325 g/mol. The SMILES string of the molecule is COc1cc(C#Cc2ccc(C(=O)NC3CC3)cc2)cc(F)c1O. The lowest BCUT2D eigenvalue weighted by Gasteiger charge is -2.04. The van der Waals surface area contributed by atoms with Crippen LogP contribution in [0, 0.1) is 17.7 Å². The van der Waals surface area contributed by atoms with Gasteiger partial charge in [0, 0.05) is 22.7 Å². The highest BCUT2D eigenvalue weighted by molar-refractivity contribution is 5.94. The Bertz CT molecular complexity index is 830. The van der Waals surface area contributed by atoms with E-state index in [1.54, 1.807) is 24.3 Å². The molecule has 2 N–H and O–H groups in total. The lowest BCUT2D eigenvalue weighted by molar-refractivity contribution is 0.0951. The minimum atomic E-state index is -0.786. The number of carbonyl (C=O) groups excluding carboxylic acids is 1. The zero-order valence-electron chi connectivity index (χ0n) is 13.1. The molecule has 24 heavy (non-hydrogen) atoms. The zero-order chi connectivity index (χ0) is 17.1. The summed E-state index contributed by atoms with van der Waals surface area (Å²) >= 11 is 0. The maximum Gasteiger partial charge on any atom is 0.251 e. The Labute approximate surface area is 139 Å². The molecule has 0 saturated heterocycles. The highest BCUT2D eigenvalue weighted by Crippen LogP contribution is 2.29. The summed E-state index contributed by atoms with van der Waals surface area (Å²) in [6.45, 7) is 0. The summed E-state index contributed by atoms with van der Waals surface area (Å²) in [5.41, 5.74) is 1.67. The average Bonchev–Trinajstić information content (AvgIpc) is 3.40. The summed E-state index contributed by atoms with van der Waals surface area (Å²) in [5, 5.41) is 12.4. The van der Waals surface area contributed by atoms with Crippen LogP contribution in [0.5, 0.6) is 11.5 Å². The molecular weight excluding hydrogens is 309 g/mol. The maximum atomic E-state index is 13.6. The third-order valence-electron chi connectivity index (χ3n) is 3.66. The van der Waals surface area contributed by atoms with E-state index in [9.17, 15) is 14.3 Å². The van der Waals surface area contributed by atoms with E-state index in [-0.39, 0.29) is 11.7 Å². The van der Waals surface area contributed by atoms with E-state index in [2.05, 4.69) is 17.2 Å². The number of hydrogen-bond donors (Lipinski definition) is 2. The molecule has 0 radical (unpaired) electrons. The van der Waals surface area contributed by atoms with E-state index in [1.807, 2.05) is 0 Å². The van der Waals surface area contributed by atoms with Gasteiger partial charge in [0.15, 0.2) is 17.3 Å². The molecule has 0 unspecified atom stereocenters. The number of benzene rings is 2. The summed E-state index contributed by atoms with van der Waals surface area (Å²) in [4.78, 5) is 11.9. The second kappa shape index (κ2) is 6.63. The number of amides is 1. The molecule has 1 fully saturated rings. The smallest absolute Gasteiger partial charge is 0.251 e. The molecule has 1 aliphatic rings. The van der Waals surface area contributed by atoms with Crippen LogP contribution >= 0.6 is 0 Å². The van der Waals surface area contributed by atoms with Crippen molar-refractivity contribution in [3.8, 4) is 23.3 Å². The Morgan fingerprint density at radius 1 is 1.21 bits per heavy atom. The molecule has 4 nitrogen and oxygen atoms in total. The van der Waals surface area contributed by atoms with E-state index in [0.29, 0.717) is 22.7 Å². The molecule has 0 aliphatic heterocycles. The van der Waals surface area contributed by atoms with Gasteiger partial charge in [-0.25, -0.2) is 4.39 Å². The van der Waals surface area contributed by atoms with E-state index in [0.717, 1.165) is 18.9 Å². The quantitative estimate of drug-likeness (QED) is 0.853. The average molecular weight is 325 g/mol. The van der Waals surface area contributed by atoms with E-state index >= 15 is 0 Å². The van der Waals surface area contributed by atoms with E-state index in [4.69, 9.17) is 4.74 Å². The molecule has 0 aromatic heterocycles. The molecule has 5 heteroatoms. The molecule has 0 spiro atoms. The Morgan fingerprint density at radius 3 is 2.50 bits per heavy atom. The fourth-order valence-corrected chi connectivity index (χ4v) is 2.15. The third kappa shape index (κ3) is 3.66. The first-order valence-corrected chi connectivity index (χ1v) is 7.56. The number of phenols is 1. The predicted octanol–water partition coefficient (Wildman–Crippen LogP) is 2.83. The number of nitrogens with one attached hydrogen (secondary N) is 1. The Morgan fingerprint density at radius 2 is 1.88 bits per heavy atom. The summed E-state index contributed by atoms with van der Waals surface area (Å²) in [6, 6.07) is 9.81. The number of phenolic OH excluding ortho intramolecular Hbond substituents is 1. The van der Waals surface area contributed by atoms with Crippen LogP contribution in [0.25, 0.3) is 0 Å². The van der Waals surface area contributed by atoms with Crippen LogP contribution in [0.4, 0.5) is 4.39 Å². The predicted molar refractivity (Wildman–Crippen MR) is 87.5 cm³/mol. The molecule has 0 atom stereocenters. The van der Waals surface area contributed by atoms with Crippen molar-refractivity contribution in [1.82, 2.24) is 5.32 Å². The van der Waals surface area contributed by atoms with Crippen molar-refractivity contribution in [3.63, 3.8) is 0 Å². The Balaban J connectivity index is 1.76. The fraction of sp³-hybridized carbons (Fsp3) is 0.211. The number of carbonyl (C=O) groups is 1. The highest BCUT2D eigenvalue weighted by atomic mass is 19.1. The minimum absolute atomic E-state index is 0.0337. The van der Waals surface area contributed by atoms with Gasteiger partial charge in [-0.05, 0) is 49.2 Å². The van der Waals surface area contributed by atoms with Gasteiger partial charge in [0.25, 0.3) is 5.91 Å². The van der Waals surface area contributed by atoms with Gasteiger partial charge in [0.1, 0.15) is 0 Å². The lowest BCUT2D eigenvalue weighted by atomic mass is 10.1. The first-order valence-electron chi connectivity index (χ1n) is 7.56. The van der Waals surface area contributed by atoms with Gasteiger partial charge in [-0.2, -0.15) is 0 Å². The zero-order valence-corrected chi connectivity index (χ0v) is 13.1. The molecule has 1 amide bonds. The Kier molecular flexibility index (Phi) is 4.39. The van der Waals surface area contributed by atoms with Gasteiger partial charge in [0.2, 0.25) is 0 Å². The number of rotatable bonds is 3. The summed E-state index contributed by atoms with van der Waals surface area (Å²) in [7, 11) is 1.34. The third-order valence-corrected chi connectivity index (χ3v) is 3.66. The van der Waals surface area contributed by atoms with Crippen molar-refractivity contribution in [2.45, 2.75) is 18.9 Å². The topological polar surface area (TPSA) is 58.6 Å². The van der Waals surface area contributed by atoms with Crippen LogP contribution in [0.2, 0.25) is 0 Å². The van der Waals surface area contributed by atoms with Gasteiger partial charge in [0.05, 0.1) is 7.11 Å². The van der Waals surface area contributed by atoms with Crippen molar-refractivity contribution >= 4 is 5.91 Å². The normalized spacial score (nSPS) is 12.9. The highest BCUT2D eigenvalue weighted by Gasteiger charge is 2.23. The Hall–Kier alpha value is -3.00. The van der Waals surface area contributed by atoms with Gasteiger partial charge < -0.3 is 15.2 Å². The number of hydrogen-bond acceptors (Lipinski definition) is 3. The van der Waals surface area contributed by atoms with Crippen molar-refractivity contribution in [3.05, 3.63) is 58.9 Å². The van der Waals surface area contributed by atoms with Crippen LogP contribution in [-0.4, -0.2) is 24.2 Å². The molecule has 122 valence electrons. The molecule has 2 aromatic rings. The van der Waals surface area contributed by atoms with Gasteiger partial charge in [-0.15, -0.1) is 0 Å². The minimum Gasteiger partial charge on any atom is -0.502 e. The maximum absolute atomic E-state index is 13.6. The number of halogens is 1. The van der Waals surface area contributed by atoms with Crippen LogP contribution in [0.3, 0.4) is 0 Å². The van der Waals surface area contributed by atoms with E-state index < -0.39 is 11.6 Å². The van der Waals surface area contributed by atoms with E-state index in [1.165, 1.54) is 13.2 Å². The summed E-state index contributed by atoms with van der Waals surface area (Å²) in [5.74, 6) is 4.34.